The van der Waals surface area contributed by atoms with Gasteiger partial charge in [-0.2, -0.15) is 6.42 Å². The maximum Gasteiger partial charge on any atom is 2.00 e. The summed E-state index contributed by atoms with van der Waals surface area (Å²) in [5, 5.41) is 8.14. The van der Waals surface area contributed by atoms with Gasteiger partial charge in [0.05, 0.1) is 0 Å². The second-order valence-corrected chi connectivity index (χ2v) is 3.41. The third-order valence-electron chi connectivity index (χ3n) is 1.85. The van der Waals surface area contributed by atoms with Crippen LogP contribution in [0.3, 0.4) is 0 Å². The molecule has 0 heterocycles. The molecule has 0 atom stereocenters. The molecule has 0 unspecified atom stereocenters. The van der Waals surface area contributed by atoms with Crippen LogP contribution in [0.15, 0.2) is 0 Å². The second kappa shape index (κ2) is 19.8. The van der Waals surface area contributed by atoms with Crippen LogP contribution in [-0.2, 0) is 4.79 Å². The van der Waals surface area contributed by atoms with Crippen molar-refractivity contribution < 1.29 is 9.90 Å². The van der Waals surface area contributed by atoms with Gasteiger partial charge in [0, 0.05) is 6.42 Å². The average molecular weight is 226 g/mol. The van der Waals surface area contributed by atoms with Gasteiger partial charge in [0.15, 0.2) is 0 Å². The Bertz CT molecular complexity index is 112. The smallest absolute Gasteiger partial charge is 0.481 e. The summed E-state index contributed by atoms with van der Waals surface area (Å²) in [6.45, 7) is 7.98. The molecule has 0 aromatic heterocycles. The molecule has 0 aliphatic carbocycles. The quantitative estimate of drug-likeness (QED) is 0.408. The minimum atomic E-state index is -0.682. The van der Waals surface area contributed by atoms with Gasteiger partial charge in [0.25, 0.3) is 0 Å². The van der Waals surface area contributed by atoms with Crippen LogP contribution in [0.5, 0.6) is 0 Å². The Morgan fingerprint density at radius 3 is 1.80 bits per heavy atom. The molecule has 2 nitrogen and oxygen atoms in total. The summed E-state index contributed by atoms with van der Waals surface area (Å²) in [4.78, 5) is 9.87. The third-order valence-corrected chi connectivity index (χ3v) is 1.85. The van der Waals surface area contributed by atoms with Crippen LogP contribution in [0.25, 0.3) is 0 Å². The fourth-order valence-corrected chi connectivity index (χ4v) is 0.953. The molecule has 0 rings (SSSR count). The molecule has 0 aromatic rings. The Kier molecular flexibility index (Phi) is 27.2. The van der Waals surface area contributed by atoms with Gasteiger partial charge in [-0.25, -0.2) is 0 Å². The first-order valence-corrected chi connectivity index (χ1v) is 5.70. The molecule has 0 aliphatic heterocycles. The number of carboxylic acid groups (broad SMARTS) is 1. The second-order valence-electron chi connectivity index (χ2n) is 3.41. The SMILES string of the molecule is CCCCCC(=O)O.[CH2-]CCCCC.[Mg+2]. The van der Waals surface area contributed by atoms with Gasteiger partial charge in [-0.1, -0.05) is 46.0 Å². The minimum Gasteiger partial charge on any atom is -0.481 e. The van der Waals surface area contributed by atoms with E-state index in [1.54, 1.807) is 0 Å². The molecule has 15 heavy (non-hydrogen) atoms. The Balaban J connectivity index is -0.000000187. The third kappa shape index (κ3) is 31.4. The van der Waals surface area contributed by atoms with E-state index in [4.69, 9.17) is 5.11 Å². The Labute approximate surface area is 111 Å². The molecule has 0 saturated heterocycles. The summed E-state index contributed by atoms with van der Waals surface area (Å²) in [7, 11) is 0. The first-order valence-electron chi connectivity index (χ1n) is 5.70. The molecule has 0 amide bonds. The van der Waals surface area contributed by atoms with Gasteiger partial charge in [0.2, 0.25) is 0 Å². The number of aliphatic carboxylic acids is 1. The Morgan fingerprint density at radius 2 is 1.53 bits per heavy atom. The van der Waals surface area contributed by atoms with Crippen molar-refractivity contribution >= 4 is 29.0 Å². The van der Waals surface area contributed by atoms with Crippen LogP contribution in [0.4, 0.5) is 0 Å². The van der Waals surface area contributed by atoms with Gasteiger partial charge in [-0.3, -0.25) is 4.79 Å². The number of hydrogen-bond donors (Lipinski definition) is 1. The molecule has 0 saturated carbocycles. The maximum atomic E-state index is 9.87. The summed E-state index contributed by atoms with van der Waals surface area (Å²) >= 11 is 0. The Hall–Kier alpha value is 0.236. The minimum absolute atomic E-state index is 0. The predicted molar refractivity (Wildman–Crippen MR) is 67.0 cm³/mol. The van der Waals surface area contributed by atoms with Gasteiger partial charge in [0.1, 0.15) is 0 Å². The largest absolute Gasteiger partial charge is 2.00 e. The van der Waals surface area contributed by atoms with E-state index in [-0.39, 0.29) is 23.1 Å². The molecular weight excluding hydrogens is 200 g/mol. The van der Waals surface area contributed by atoms with E-state index in [1.165, 1.54) is 19.3 Å². The van der Waals surface area contributed by atoms with Gasteiger partial charge in [-0.15, -0.1) is 0 Å². The number of unbranched alkanes of at least 4 members (excludes halogenated alkanes) is 5. The standard InChI is InChI=1S/C6H12O2.C6H13.Mg/c1-2-3-4-5-6(7)8;1-3-5-6-4-2;/h2-5H2,1H3,(H,7,8);1,3-6H2,2H3;/q;-1;+2. The van der Waals surface area contributed by atoms with E-state index >= 15 is 0 Å². The molecule has 0 aliphatic rings. The molecule has 0 spiro atoms. The molecule has 0 radical (unpaired) electrons. The normalized spacial score (nSPS) is 8.47. The van der Waals surface area contributed by atoms with E-state index in [2.05, 4.69) is 20.8 Å². The summed E-state index contributed by atoms with van der Waals surface area (Å²) in [5.74, 6) is -0.682. The first-order chi connectivity index (χ1) is 6.68. The van der Waals surface area contributed by atoms with Crippen LogP contribution in [0, 0.1) is 6.92 Å². The Morgan fingerprint density at radius 1 is 1.07 bits per heavy atom. The van der Waals surface area contributed by atoms with E-state index in [1.807, 2.05) is 0 Å². The monoisotopic (exact) mass is 225 g/mol. The van der Waals surface area contributed by atoms with Gasteiger partial charge < -0.3 is 12.0 Å². The molecule has 0 fully saturated rings. The summed E-state index contributed by atoms with van der Waals surface area (Å²) in [5.41, 5.74) is 0. The number of carboxylic acids is 1. The summed E-state index contributed by atoms with van der Waals surface area (Å²) < 4.78 is 0. The van der Waals surface area contributed by atoms with E-state index in [0.29, 0.717) is 6.42 Å². The molecule has 1 N–H and O–H groups in total. The summed E-state index contributed by atoms with van der Waals surface area (Å²) in [6.07, 6.45) is 8.35. The molecular formula is C12H25MgO2+. The van der Waals surface area contributed by atoms with Crippen molar-refractivity contribution in [2.45, 2.75) is 65.2 Å². The van der Waals surface area contributed by atoms with Crippen LogP contribution in [0.1, 0.15) is 65.2 Å². The van der Waals surface area contributed by atoms with E-state index < -0.39 is 5.97 Å². The number of carbonyl (C=O) groups is 1. The zero-order chi connectivity index (χ0) is 11.2. The number of rotatable bonds is 7. The maximum absolute atomic E-state index is 9.87. The van der Waals surface area contributed by atoms with Crippen molar-refractivity contribution in [1.82, 2.24) is 0 Å². The van der Waals surface area contributed by atoms with Crippen molar-refractivity contribution in [3.05, 3.63) is 6.92 Å². The van der Waals surface area contributed by atoms with Crippen LogP contribution >= 0.6 is 0 Å². The van der Waals surface area contributed by atoms with Crippen molar-refractivity contribution in [1.29, 1.82) is 0 Å². The molecule has 3 heteroatoms. The molecule has 86 valence electrons. The van der Waals surface area contributed by atoms with Gasteiger partial charge in [-0.05, 0) is 6.42 Å². The van der Waals surface area contributed by atoms with Crippen LogP contribution in [-0.4, -0.2) is 34.1 Å². The fraction of sp³-hybridized carbons (Fsp3) is 0.833. The fourth-order valence-electron chi connectivity index (χ4n) is 0.953. The van der Waals surface area contributed by atoms with Crippen molar-refractivity contribution in [2.75, 3.05) is 0 Å². The zero-order valence-electron chi connectivity index (χ0n) is 10.4. The molecule has 0 aromatic carbocycles. The van der Waals surface area contributed by atoms with Crippen LogP contribution < -0.4 is 0 Å². The van der Waals surface area contributed by atoms with Crippen LogP contribution in [0.2, 0.25) is 0 Å². The average Bonchev–Trinajstić information content (AvgIpc) is 2.16. The summed E-state index contributed by atoms with van der Waals surface area (Å²) in [6, 6.07) is 0. The van der Waals surface area contributed by atoms with Gasteiger partial charge >= 0.3 is 29.0 Å². The molecule has 0 bridgehead atoms. The van der Waals surface area contributed by atoms with Crippen molar-refractivity contribution in [3.63, 3.8) is 0 Å². The van der Waals surface area contributed by atoms with Crippen molar-refractivity contribution in [3.8, 4) is 0 Å². The number of hydrogen-bond acceptors (Lipinski definition) is 1. The zero-order valence-corrected chi connectivity index (χ0v) is 11.8. The van der Waals surface area contributed by atoms with E-state index in [9.17, 15) is 4.79 Å². The van der Waals surface area contributed by atoms with E-state index in [0.717, 1.165) is 25.7 Å². The van der Waals surface area contributed by atoms with Crippen molar-refractivity contribution in [2.24, 2.45) is 0 Å². The first kappa shape index (κ1) is 20.6. The predicted octanol–water partition coefficient (Wildman–Crippen LogP) is 3.67. The topological polar surface area (TPSA) is 37.3 Å².